The van der Waals surface area contributed by atoms with Crippen LogP contribution >= 0.6 is 11.3 Å². The van der Waals surface area contributed by atoms with E-state index in [1.807, 2.05) is 13.0 Å². The average Bonchev–Trinajstić information content (AvgIpc) is 2.80. The molecule has 112 valence electrons. The van der Waals surface area contributed by atoms with Crippen LogP contribution in [0.15, 0.2) is 18.2 Å². The number of carbonyl (C=O) groups is 1. The number of hydrogen-bond acceptors (Lipinski definition) is 3. The fraction of sp³-hybridized carbons (Fsp3) is 0.438. The number of aryl methyl sites for hydroxylation is 1. The molecule has 21 heavy (non-hydrogen) atoms. The SMILES string of the molecule is Cc1c(C(=O)NC2CNCCC2C)sc2cccc(F)c12. The van der Waals surface area contributed by atoms with Gasteiger partial charge in [0.1, 0.15) is 5.82 Å². The number of carbonyl (C=O) groups excluding carboxylic acids is 1. The lowest BCUT2D eigenvalue weighted by Crippen LogP contribution is -2.50. The van der Waals surface area contributed by atoms with E-state index in [0.29, 0.717) is 16.2 Å². The van der Waals surface area contributed by atoms with Gasteiger partial charge in [0, 0.05) is 22.7 Å². The molecule has 0 saturated carbocycles. The lowest BCUT2D eigenvalue weighted by atomic mass is 9.95. The normalized spacial score (nSPS) is 22.4. The van der Waals surface area contributed by atoms with Gasteiger partial charge in [-0.15, -0.1) is 11.3 Å². The topological polar surface area (TPSA) is 41.1 Å². The number of halogens is 1. The van der Waals surface area contributed by atoms with Crippen molar-refractivity contribution in [2.24, 2.45) is 5.92 Å². The molecular formula is C16H19FN2OS. The van der Waals surface area contributed by atoms with E-state index in [1.165, 1.54) is 17.4 Å². The van der Waals surface area contributed by atoms with E-state index >= 15 is 0 Å². The van der Waals surface area contributed by atoms with Crippen LogP contribution in [0.4, 0.5) is 4.39 Å². The van der Waals surface area contributed by atoms with Crippen LogP contribution in [0.2, 0.25) is 0 Å². The van der Waals surface area contributed by atoms with Crippen LogP contribution in [0.3, 0.4) is 0 Å². The van der Waals surface area contributed by atoms with Crippen LogP contribution in [0.5, 0.6) is 0 Å². The zero-order chi connectivity index (χ0) is 15.0. The number of hydrogen-bond donors (Lipinski definition) is 2. The summed E-state index contributed by atoms with van der Waals surface area (Å²) in [6, 6.07) is 5.12. The van der Waals surface area contributed by atoms with Crippen LogP contribution < -0.4 is 10.6 Å². The van der Waals surface area contributed by atoms with Gasteiger partial charge in [-0.25, -0.2) is 4.39 Å². The van der Waals surface area contributed by atoms with Gasteiger partial charge in [-0.1, -0.05) is 13.0 Å². The summed E-state index contributed by atoms with van der Waals surface area (Å²) in [6.45, 7) is 5.77. The number of thiophene rings is 1. The maximum atomic E-state index is 13.9. The number of benzene rings is 1. The molecule has 0 aliphatic carbocycles. The minimum Gasteiger partial charge on any atom is -0.347 e. The van der Waals surface area contributed by atoms with Gasteiger partial charge in [0.2, 0.25) is 0 Å². The van der Waals surface area contributed by atoms with E-state index in [-0.39, 0.29) is 17.8 Å². The van der Waals surface area contributed by atoms with E-state index in [2.05, 4.69) is 17.6 Å². The summed E-state index contributed by atoms with van der Waals surface area (Å²) in [5, 5.41) is 6.97. The van der Waals surface area contributed by atoms with Gasteiger partial charge in [-0.2, -0.15) is 0 Å². The molecule has 1 aromatic carbocycles. The molecule has 2 heterocycles. The number of rotatable bonds is 2. The largest absolute Gasteiger partial charge is 0.347 e. The Morgan fingerprint density at radius 2 is 2.29 bits per heavy atom. The Hall–Kier alpha value is -1.46. The molecular weight excluding hydrogens is 287 g/mol. The van der Waals surface area contributed by atoms with E-state index < -0.39 is 0 Å². The second-order valence-electron chi connectivity index (χ2n) is 5.72. The number of fused-ring (bicyclic) bond motifs is 1. The summed E-state index contributed by atoms with van der Waals surface area (Å²) < 4.78 is 14.7. The molecule has 2 unspecified atom stereocenters. The predicted molar refractivity (Wildman–Crippen MR) is 84.4 cm³/mol. The van der Waals surface area contributed by atoms with Crippen molar-refractivity contribution < 1.29 is 9.18 Å². The van der Waals surface area contributed by atoms with Gasteiger partial charge in [0.25, 0.3) is 5.91 Å². The monoisotopic (exact) mass is 306 g/mol. The maximum absolute atomic E-state index is 13.9. The molecule has 3 nitrogen and oxygen atoms in total. The molecule has 1 fully saturated rings. The highest BCUT2D eigenvalue weighted by Gasteiger charge is 2.25. The van der Waals surface area contributed by atoms with Gasteiger partial charge in [0.05, 0.1) is 4.88 Å². The van der Waals surface area contributed by atoms with Gasteiger partial charge in [-0.05, 0) is 43.5 Å². The summed E-state index contributed by atoms with van der Waals surface area (Å²) >= 11 is 1.36. The number of piperidine rings is 1. The highest BCUT2D eigenvalue weighted by molar-refractivity contribution is 7.21. The molecule has 2 aromatic rings. The Morgan fingerprint density at radius 3 is 3.00 bits per heavy atom. The lowest BCUT2D eigenvalue weighted by Gasteiger charge is -2.30. The minimum atomic E-state index is -0.256. The van der Waals surface area contributed by atoms with Crippen molar-refractivity contribution in [2.45, 2.75) is 26.3 Å². The van der Waals surface area contributed by atoms with E-state index in [0.717, 1.165) is 29.8 Å². The molecule has 1 aliphatic heterocycles. The Bertz CT molecular complexity index is 682. The Morgan fingerprint density at radius 1 is 1.48 bits per heavy atom. The van der Waals surface area contributed by atoms with Crippen LogP contribution in [-0.2, 0) is 0 Å². The quantitative estimate of drug-likeness (QED) is 0.895. The standard InChI is InChI=1S/C16H19FN2OS/c1-9-6-7-18-8-12(9)19-16(20)15-10(2)14-11(17)4-3-5-13(14)21-15/h3-5,9,12,18H,6-8H2,1-2H3,(H,19,20). The Kier molecular flexibility index (Phi) is 3.95. The summed E-state index contributed by atoms with van der Waals surface area (Å²) in [5.41, 5.74) is 0.738. The minimum absolute atomic E-state index is 0.0892. The smallest absolute Gasteiger partial charge is 0.261 e. The van der Waals surface area contributed by atoms with Crippen molar-refractivity contribution >= 4 is 27.3 Å². The second-order valence-corrected chi connectivity index (χ2v) is 6.77. The van der Waals surface area contributed by atoms with Crippen molar-refractivity contribution in [1.29, 1.82) is 0 Å². The fourth-order valence-corrected chi connectivity index (χ4v) is 4.01. The molecule has 1 amide bonds. The molecule has 2 N–H and O–H groups in total. The molecule has 3 rings (SSSR count). The van der Waals surface area contributed by atoms with Crippen LogP contribution in [0.1, 0.15) is 28.6 Å². The third-order valence-electron chi connectivity index (χ3n) is 4.25. The highest BCUT2D eigenvalue weighted by atomic mass is 32.1. The first-order chi connectivity index (χ1) is 10.1. The van der Waals surface area contributed by atoms with Crippen LogP contribution in [-0.4, -0.2) is 25.0 Å². The maximum Gasteiger partial charge on any atom is 0.261 e. The molecule has 1 aliphatic rings. The summed E-state index contributed by atoms with van der Waals surface area (Å²) in [7, 11) is 0. The van der Waals surface area contributed by atoms with Crippen molar-refractivity contribution in [3.8, 4) is 0 Å². The van der Waals surface area contributed by atoms with Gasteiger partial charge in [-0.3, -0.25) is 4.79 Å². The predicted octanol–water partition coefficient (Wildman–Crippen LogP) is 3.08. The first-order valence-electron chi connectivity index (χ1n) is 7.27. The zero-order valence-corrected chi connectivity index (χ0v) is 13.0. The number of nitrogens with one attached hydrogen (secondary N) is 2. The van der Waals surface area contributed by atoms with Gasteiger partial charge >= 0.3 is 0 Å². The summed E-state index contributed by atoms with van der Waals surface area (Å²) in [4.78, 5) is 13.1. The first kappa shape index (κ1) is 14.5. The van der Waals surface area contributed by atoms with Crippen molar-refractivity contribution in [1.82, 2.24) is 10.6 Å². The van der Waals surface area contributed by atoms with Crippen molar-refractivity contribution in [3.63, 3.8) is 0 Å². The van der Waals surface area contributed by atoms with Gasteiger partial charge < -0.3 is 10.6 Å². The Labute approximate surface area is 127 Å². The van der Waals surface area contributed by atoms with Crippen LogP contribution in [0.25, 0.3) is 10.1 Å². The lowest BCUT2D eigenvalue weighted by molar-refractivity contribution is 0.0919. The van der Waals surface area contributed by atoms with E-state index in [1.54, 1.807) is 6.07 Å². The molecule has 0 radical (unpaired) electrons. The van der Waals surface area contributed by atoms with Crippen molar-refractivity contribution in [2.75, 3.05) is 13.1 Å². The highest BCUT2D eigenvalue weighted by Crippen LogP contribution is 2.32. The first-order valence-corrected chi connectivity index (χ1v) is 8.08. The third kappa shape index (κ3) is 2.68. The number of amides is 1. The Balaban J connectivity index is 1.88. The third-order valence-corrected chi connectivity index (χ3v) is 5.51. The molecule has 1 saturated heterocycles. The zero-order valence-electron chi connectivity index (χ0n) is 12.2. The van der Waals surface area contributed by atoms with Crippen LogP contribution in [0, 0.1) is 18.7 Å². The summed E-state index contributed by atoms with van der Waals surface area (Å²) in [5.74, 6) is 0.114. The summed E-state index contributed by atoms with van der Waals surface area (Å²) in [6.07, 6.45) is 1.06. The fourth-order valence-electron chi connectivity index (χ4n) is 2.89. The van der Waals surface area contributed by atoms with Gasteiger partial charge in [0.15, 0.2) is 0 Å². The average molecular weight is 306 g/mol. The molecule has 0 bridgehead atoms. The molecule has 0 spiro atoms. The van der Waals surface area contributed by atoms with E-state index in [9.17, 15) is 9.18 Å². The molecule has 1 aromatic heterocycles. The molecule has 2 atom stereocenters. The van der Waals surface area contributed by atoms with Crippen molar-refractivity contribution in [3.05, 3.63) is 34.5 Å². The second kappa shape index (κ2) is 5.73. The van der Waals surface area contributed by atoms with E-state index in [4.69, 9.17) is 0 Å². The molecule has 5 heteroatoms.